The van der Waals surface area contributed by atoms with Crippen LogP contribution in [0.4, 0.5) is 0 Å². The Balaban J connectivity index is 1.39. The highest BCUT2D eigenvalue weighted by Gasteiger charge is 2.58. The Morgan fingerprint density at radius 3 is 2.75 bits per heavy atom. The molecule has 4 rings (SSSR count). The molecule has 1 heterocycles. The Kier molecular flexibility index (Phi) is 8.86. The summed E-state index contributed by atoms with van der Waals surface area (Å²) in [5, 5.41) is 13.7. The number of benzene rings is 2. The van der Waals surface area contributed by atoms with Gasteiger partial charge < -0.3 is 15.2 Å². The molecule has 1 saturated heterocycles. The normalized spacial score (nSPS) is 26.2. The summed E-state index contributed by atoms with van der Waals surface area (Å²) in [4.78, 5) is 15.3. The lowest BCUT2D eigenvalue weighted by atomic mass is 9.55. The fourth-order valence-electron chi connectivity index (χ4n) is 6.59. The second-order valence-electron chi connectivity index (χ2n) is 10.7. The van der Waals surface area contributed by atoms with Crippen molar-refractivity contribution in [2.75, 3.05) is 26.7 Å². The van der Waals surface area contributed by atoms with E-state index in [0.29, 0.717) is 6.42 Å². The zero-order valence-electron chi connectivity index (χ0n) is 21.8. The Bertz CT molecular complexity index is 1010. The van der Waals surface area contributed by atoms with E-state index in [1.807, 2.05) is 31.4 Å². The first kappa shape index (κ1) is 26.4. The zero-order chi connectivity index (χ0) is 25.4. The van der Waals surface area contributed by atoms with Crippen LogP contribution >= 0.6 is 0 Å². The molecule has 1 saturated carbocycles. The van der Waals surface area contributed by atoms with E-state index in [4.69, 9.17) is 4.74 Å². The number of unbranched alkanes of at least 4 members (excludes halogenated alkanes) is 2. The number of aryl methyl sites for hydroxylation is 1. The lowest BCUT2D eigenvalue weighted by molar-refractivity contribution is -0.149. The maximum absolute atomic E-state index is 12.9. The molecule has 0 aromatic heterocycles. The first-order valence-electron chi connectivity index (χ1n) is 13.5. The summed E-state index contributed by atoms with van der Waals surface area (Å²) in [6, 6.07) is 18.3. The summed E-state index contributed by atoms with van der Waals surface area (Å²) in [7, 11) is 1.82. The molecule has 2 aromatic rings. The lowest BCUT2D eigenvalue weighted by Gasteiger charge is -2.59. The number of amides is 1. The number of likely N-dealkylation sites (tertiary alicyclic amines) is 1. The van der Waals surface area contributed by atoms with Crippen molar-refractivity contribution in [3.8, 4) is 5.75 Å². The standard InChI is InChI=1S/C31H42N2O3/c1-3-20-33-21-19-30(26-14-10-15-28(34)22-26)23-27(17-18-31(30,24-33)36-2)32-29(35)16-9-5-8-13-25-11-6-4-7-12-25/h3-4,6-7,10-12,14-15,22,27,34H,1,5,8-9,13,16-21,23-24H2,2H3,(H,32,35)/t27-,30-,31-/m0/s1. The monoisotopic (exact) mass is 490 g/mol. The van der Waals surface area contributed by atoms with Crippen LogP contribution in [-0.2, 0) is 21.4 Å². The van der Waals surface area contributed by atoms with Crippen LogP contribution in [0.25, 0.3) is 0 Å². The third-order valence-electron chi connectivity index (χ3n) is 8.45. The molecular weight excluding hydrogens is 448 g/mol. The number of rotatable bonds is 11. The number of phenols is 1. The van der Waals surface area contributed by atoms with Crippen LogP contribution < -0.4 is 5.32 Å². The number of hydrogen-bond acceptors (Lipinski definition) is 4. The molecule has 2 aliphatic rings. The summed E-state index contributed by atoms with van der Waals surface area (Å²) in [6.45, 7) is 6.53. The van der Waals surface area contributed by atoms with Crippen molar-refractivity contribution >= 4 is 5.91 Å². The van der Waals surface area contributed by atoms with E-state index < -0.39 is 0 Å². The highest BCUT2D eigenvalue weighted by atomic mass is 16.5. The van der Waals surface area contributed by atoms with Gasteiger partial charge in [0.15, 0.2) is 0 Å². The number of nitrogens with zero attached hydrogens (tertiary/aromatic N) is 1. The predicted molar refractivity (Wildman–Crippen MR) is 145 cm³/mol. The van der Waals surface area contributed by atoms with Crippen LogP contribution in [0.2, 0.25) is 0 Å². The minimum absolute atomic E-state index is 0.110. The summed E-state index contributed by atoms with van der Waals surface area (Å²) in [6.07, 6.45) is 10.2. The molecule has 0 bridgehead atoms. The molecule has 194 valence electrons. The number of methoxy groups -OCH3 is 1. The number of nitrogens with one attached hydrogen (secondary N) is 1. The molecule has 36 heavy (non-hydrogen) atoms. The van der Waals surface area contributed by atoms with E-state index in [1.165, 1.54) is 5.56 Å². The largest absolute Gasteiger partial charge is 0.508 e. The van der Waals surface area contributed by atoms with Crippen molar-refractivity contribution < 1.29 is 14.6 Å². The minimum atomic E-state index is -0.360. The van der Waals surface area contributed by atoms with Gasteiger partial charge in [-0.15, -0.1) is 6.58 Å². The Morgan fingerprint density at radius 2 is 2.00 bits per heavy atom. The van der Waals surface area contributed by atoms with Gasteiger partial charge in [-0.2, -0.15) is 0 Å². The average Bonchev–Trinajstić information content (AvgIpc) is 2.89. The summed E-state index contributed by atoms with van der Waals surface area (Å²) < 4.78 is 6.37. The van der Waals surface area contributed by atoms with Crippen LogP contribution in [0.3, 0.4) is 0 Å². The van der Waals surface area contributed by atoms with E-state index >= 15 is 0 Å². The van der Waals surface area contributed by atoms with Crippen molar-refractivity contribution in [3.63, 3.8) is 0 Å². The SMILES string of the molecule is C=CCN1CC[C@@]2(c3cccc(O)c3)C[C@@H](NC(=O)CCCCCc3ccccc3)CC[C@]2(OC)C1. The highest BCUT2D eigenvalue weighted by molar-refractivity contribution is 5.76. The predicted octanol–water partition coefficient (Wildman–Crippen LogP) is 5.38. The van der Waals surface area contributed by atoms with Crippen molar-refractivity contribution in [1.29, 1.82) is 0 Å². The zero-order valence-corrected chi connectivity index (χ0v) is 21.8. The topological polar surface area (TPSA) is 61.8 Å². The maximum Gasteiger partial charge on any atom is 0.220 e. The number of hydrogen-bond donors (Lipinski definition) is 2. The van der Waals surface area contributed by atoms with Gasteiger partial charge >= 0.3 is 0 Å². The third kappa shape index (κ3) is 5.84. The fourth-order valence-corrected chi connectivity index (χ4v) is 6.59. The smallest absolute Gasteiger partial charge is 0.220 e. The van der Waals surface area contributed by atoms with Crippen molar-refractivity contribution in [2.24, 2.45) is 0 Å². The molecule has 1 amide bonds. The summed E-state index contributed by atoms with van der Waals surface area (Å²) >= 11 is 0. The Hall–Kier alpha value is -2.63. The number of carbonyl (C=O) groups excluding carboxylic acids is 1. The summed E-state index contributed by atoms with van der Waals surface area (Å²) in [5.74, 6) is 0.432. The Morgan fingerprint density at radius 1 is 1.17 bits per heavy atom. The van der Waals surface area contributed by atoms with Gasteiger partial charge in [0.1, 0.15) is 5.75 Å². The molecule has 1 aliphatic carbocycles. The molecule has 1 aliphatic heterocycles. The first-order chi connectivity index (χ1) is 17.5. The van der Waals surface area contributed by atoms with Gasteiger partial charge in [-0.3, -0.25) is 9.69 Å². The van der Waals surface area contributed by atoms with Gasteiger partial charge in [-0.1, -0.05) is 55.0 Å². The second kappa shape index (κ2) is 12.1. The van der Waals surface area contributed by atoms with Gasteiger partial charge in [-0.05, 0) is 74.8 Å². The molecule has 0 radical (unpaired) electrons. The van der Waals surface area contributed by atoms with E-state index in [9.17, 15) is 9.90 Å². The number of carbonyl (C=O) groups is 1. The van der Waals surface area contributed by atoms with E-state index in [0.717, 1.165) is 76.6 Å². The Labute approximate surface area is 216 Å². The van der Waals surface area contributed by atoms with Gasteiger partial charge in [-0.25, -0.2) is 0 Å². The van der Waals surface area contributed by atoms with Crippen LogP contribution in [-0.4, -0.2) is 54.3 Å². The lowest BCUT2D eigenvalue weighted by Crippen LogP contribution is -2.67. The third-order valence-corrected chi connectivity index (χ3v) is 8.45. The fraction of sp³-hybridized carbons (Fsp3) is 0.516. The molecule has 0 unspecified atom stereocenters. The highest BCUT2D eigenvalue weighted by Crippen LogP contribution is 2.53. The van der Waals surface area contributed by atoms with E-state index in [-0.39, 0.29) is 28.7 Å². The van der Waals surface area contributed by atoms with Crippen LogP contribution in [0.5, 0.6) is 5.75 Å². The number of fused-ring (bicyclic) bond motifs is 1. The molecule has 3 atom stereocenters. The van der Waals surface area contributed by atoms with Crippen LogP contribution in [0.15, 0.2) is 67.3 Å². The van der Waals surface area contributed by atoms with Crippen molar-refractivity contribution in [2.45, 2.75) is 74.8 Å². The van der Waals surface area contributed by atoms with Gasteiger partial charge in [0, 0.05) is 38.1 Å². The van der Waals surface area contributed by atoms with Crippen molar-refractivity contribution in [1.82, 2.24) is 10.2 Å². The molecule has 5 heteroatoms. The molecule has 2 aromatic carbocycles. The first-order valence-corrected chi connectivity index (χ1v) is 13.5. The minimum Gasteiger partial charge on any atom is -0.508 e. The van der Waals surface area contributed by atoms with Crippen LogP contribution in [0.1, 0.15) is 62.5 Å². The van der Waals surface area contributed by atoms with Crippen LogP contribution in [0, 0.1) is 0 Å². The van der Waals surface area contributed by atoms with Gasteiger partial charge in [0.05, 0.1) is 5.60 Å². The molecule has 0 spiro atoms. The number of aromatic hydroxyl groups is 1. The quantitative estimate of drug-likeness (QED) is 0.328. The number of piperidine rings is 1. The van der Waals surface area contributed by atoms with Gasteiger partial charge in [0.25, 0.3) is 0 Å². The molecule has 5 nitrogen and oxygen atoms in total. The van der Waals surface area contributed by atoms with E-state index in [2.05, 4.69) is 47.1 Å². The molecule has 2 N–H and O–H groups in total. The number of phenolic OH excluding ortho intramolecular Hbond substituents is 1. The van der Waals surface area contributed by atoms with Crippen molar-refractivity contribution in [3.05, 3.63) is 78.4 Å². The second-order valence-corrected chi connectivity index (χ2v) is 10.7. The average molecular weight is 491 g/mol. The van der Waals surface area contributed by atoms with Gasteiger partial charge in [0.2, 0.25) is 5.91 Å². The molecular formula is C31H42N2O3. The summed E-state index contributed by atoms with van der Waals surface area (Å²) in [5.41, 5.74) is 1.86. The maximum atomic E-state index is 12.9. The number of ether oxygens (including phenoxy) is 1. The van der Waals surface area contributed by atoms with E-state index in [1.54, 1.807) is 6.07 Å². The molecule has 2 fully saturated rings.